The molecule has 57 heavy (non-hydrogen) atoms. The van der Waals surface area contributed by atoms with Gasteiger partial charge in [-0.1, -0.05) is 94.7 Å². The minimum atomic E-state index is -1.37. The Morgan fingerprint density at radius 3 is 1.33 bits per heavy atom. The Kier molecular flexibility index (Phi) is 17.7. The summed E-state index contributed by atoms with van der Waals surface area (Å²) in [5.41, 5.74) is 2.02. The van der Waals surface area contributed by atoms with Crippen LogP contribution in [0.25, 0.3) is 0 Å². The first kappa shape index (κ1) is 43.7. The number of unbranched alkanes of at least 4 members (excludes halogenated alkanes) is 8. The second-order valence-electron chi connectivity index (χ2n) is 14.3. The van der Waals surface area contributed by atoms with E-state index in [1.54, 1.807) is 60.7 Å². The summed E-state index contributed by atoms with van der Waals surface area (Å²) in [6.45, 7) is 2.79. The van der Waals surface area contributed by atoms with Crippen LogP contribution in [0.1, 0.15) is 91.8 Å². The van der Waals surface area contributed by atoms with E-state index in [2.05, 4.69) is 22.9 Å². The van der Waals surface area contributed by atoms with Crippen LogP contribution in [0, 0.1) is 0 Å². The number of aliphatic carboxylic acids is 1. The van der Waals surface area contributed by atoms with Gasteiger partial charge in [-0.2, -0.15) is 0 Å². The molecular formula is C45H55N3O9. The van der Waals surface area contributed by atoms with Crippen molar-refractivity contribution in [3.05, 3.63) is 119 Å². The number of aromatic hydroxyl groups is 3. The maximum Gasteiger partial charge on any atom is 0.326 e. The third-order valence-electron chi connectivity index (χ3n) is 9.63. The van der Waals surface area contributed by atoms with E-state index in [-0.39, 0.29) is 42.1 Å². The van der Waals surface area contributed by atoms with Crippen LogP contribution in [0.5, 0.6) is 23.0 Å². The van der Waals surface area contributed by atoms with Crippen molar-refractivity contribution in [1.82, 2.24) is 16.0 Å². The van der Waals surface area contributed by atoms with Crippen molar-refractivity contribution >= 4 is 23.7 Å². The van der Waals surface area contributed by atoms with E-state index in [0.29, 0.717) is 29.0 Å². The molecule has 12 heteroatoms. The van der Waals surface area contributed by atoms with E-state index in [1.807, 2.05) is 0 Å². The first-order valence-electron chi connectivity index (χ1n) is 19.7. The Labute approximate surface area is 334 Å². The van der Waals surface area contributed by atoms with Crippen molar-refractivity contribution in [2.75, 3.05) is 6.61 Å². The minimum Gasteiger partial charge on any atom is -0.508 e. The Bertz CT molecular complexity index is 1850. The lowest BCUT2D eigenvalue weighted by atomic mass is 10.0. The van der Waals surface area contributed by atoms with Crippen molar-refractivity contribution in [2.24, 2.45) is 0 Å². The van der Waals surface area contributed by atoms with Gasteiger partial charge < -0.3 is 41.1 Å². The summed E-state index contributed by atoms with van der Waals surface area (Å²) in [5.74, 6) is -2.68. The SMILES string of the molecule is CCCCCCCCCCCOc1ccc(C(=O)N[C@@H](Cc2ccc(O)cc2)C(=O)N[C@@H](Cc2ccc(O)cc2)C(=O)N[C@@H](Cc2ccc(O)cc2)C(=O)O)cc1. The van der Waals surface area contributed by atoms with Crippen molar-refractivity contribution < 1.29 is 44.3 Å². The average Bonchev–Trinajstić information content (AvgIpc) is 3.20. The molecule has 12 nitrogen and oxygen atoms in total. The number of phenols is 3. The third-order valence-corrected chi connectivity index (χ3v) is 9.63. The van der Waals surface area contributed by atoms with Crippen molar-refractivity contribution in [1.29, 1.82) is 0 Å². The van der Waals surface area contributed by atoms with Crippen LogP contribution < -0.4 is 20.7 Å². The average molecular weight is 782 g/mol. The minimum absolute atomic E-state index is 0.00121. The number of carboxylic acids is 1. The summed E-state index contributed by atoms with van der Waals surface area (Å²) in [6.07, 6.45) is 10.7. The van der Waals surface area contributed by atoms with Crippen LogP contribution in [0.3, 0.4) is 0 Å². The molecule has 0 saturated heterocycles. The lowest BCUT2D eigenvalue weighted by molar-refractivity contribution is -0.142. The van der Waals surface area contributed by atoms with Crippen LogP contribution in [-0.4, -0.2) is 68.8 Å². The molecule has 0 spiro atoms. The van der Waals surface area contributed by atoms with Crippen LogP contribution in [-0.2, 0) is 33.6 Å². The highest BCUT2D eigenvalue weighted by atomic mass is 16.5. The normalized spacial score (nSPS) is 12.5. The van der Waals surface area contributed by atoms with Gasteiger partial charge in [0.1, 0.15) is 41.1 Å². The topological polar surface area (TPSA) is 195 Å². The number of phenolic OH excluding ortho intramolecular Hbond substituents is 3. The smallest absolute Gasteiger partial charge is 0.326 e. The van der Waals surface area contributed by atoms with Crippen LogP contribution in [0.4, 0.5) is 0 Å². The number of carbonyl (C=O) groups is 4. The molecule has 3 atom stereocenters. The molecule has 4 aromatic rings. The molecule has 0 saturated carbocycles. The fourth-order valence-corrected chi connectivity index (χ4v) is 6.31. The number of benzene rings is 4. The maximum atomic E-state index is 14.1. The first-order valence-corrected chi connectivity index (χ1v) is 19.7. The quantitative estimate of drug-likeness (QED) is 0.0384. The third kappa shape index (κ3) is 15.6. The predicted molar refractivity (Wildman–Crippen MR) is 217 cm³/mol. The second kappa shape index (κ2) is 23.1. The van der Waals surface area contributed by atoms with Crippen molar-refractivity contribution in [3.63, 3.8) is 0 Å². The Hall–Kier alpha value is -6.04. The molecule has 4 aromatic carbocycles. The van der Waals surface area contributed by atoms with Gasteiger partial charge in [-0.15, -0.1) is 0 Å². The molecule has 0 aromatic heterocycles. The first-order chi connectivity index (χ1) is 27.5. The Balaban J connectivity index is 1.44. The van der Waals surface area contributed by atoms with E-state index < -0.39 is 41.8 Å². The lowest BCUT2D eigenvalue weighted by Gasteiger charge is -2.25. The summed E-state index contributed by atoms with van der Waals surface area (Å²) >= 11 is 0. The molecule has 0 aliphatic carbocycles. The number of hydrogen-bond donors (Lipinski definition) is 7. The standard InChI is InChI=1S/C45H55N3O9/c1-2-3-4-5-6-7-8-9-10-27-57-38-25-17-34(18-26-38)42(52)46-39(28-31-11-19-35(49)20-12-31)43(53)47-40(29-32-13-21-36(50)22-14-32)44(54)48-41(45(55)56)30-33-15-23-37(51)24-16-33/h11-26,39-41,49-51H,2-10,27-30H2,1H3,(H,46,52)(H,47,53)(H,48,54)(H,55,56)/t39-,40-,41-/m0/s1. The lowest BCUT2D eigenvalue weighted by Crippen LogP contribution is -2.57. The summed E-state index contributed by atoms with van der Waals surface area (Å²) in [7, 11) is 0. The fourth-order valence-electron chi connectivity index (χ4n) is 6.31. The van der Waals surface area contributed by atoms with E-state index in [4.69, 9.17) is 4.74 Å². The van der Waals surface area contributed by atoms with Gasteiger partial charge >= 0.3 is 5.97 Å². The molecule has 0 heterocycles. The zero-order chi connectivity index (χ0) is 41.0. The van der Waals surface area contributed by atoms with Gasteiger partial charge in [-0.3, -0.25) is 14.4 Å². The number of carboxylic acid groups (broad SMARTS) is 1. The summed E-state index contributed by atoms with van der Waals surface area (Å²) in [6, 6.07) is 20.8. The van der Waals surface area contributed by atoms with Gasteiger partial charge in [0.25, 0.3) is 5.91 Å². The molecule has 0 unspecified atom stereocenters. The number of nitrogens with one attached hydrogen (secondary N) is 3. The highest BCUT2D eigenvalue weighted by Gasteiger charge is 2.30. The molecule has 7 N–H and O–H groups in total. The van der Waals surface area contributed by atoms with Gasteiger partial charge in [-0.05, 0) is 83.8 Å². The molecule has 0 aliphatic heterocycles. The van der Waals surface area contributed by atoms with Gasteiger partial charge in [0, 0.05) is 24.8 Å². The molecular weight excluding hydrogens is 727 g/mol. The summed E-state index contributed by atoms with van der Waals surface area (Å²) in [5, 5.41) is 47.3. The molecule has 3 amide bonds. The number of amides is 3. The zero-order valence-corrected chi connectivity index (χ0v) is 32.5. The van der Waals surface area contributed by atoms with Gasteiger partial charge in [0.2, 0.25) is 11.8 Å². The van der Waals surface area contributed by atoms with Gasteiger partial charge in [0.05, 0.1) is 6.61 Å². The molecule has 0 bridgehead atoms. The van der Waals surface area contributed by atoms with Crippen molar-refractivity contribution in [2.45, 2.75) is 102 Å². The van der Waals surface area contributed by atoms with E-state index >= 15 is 0 Å². The summed E-state index contributed by atoms with van der Waals surface area (Å²) < 4.78 is 5.90. The van der Waals surface area contributed by atoms with Crippen LogP contribution in [0.15, 0.2) is 97.1 Å². The van der Waals surface area contributed by atoms with Crippen LogP contribution in [0.2, 0.25) is 0 Å². The Morgan fingerprint density at radius 1 is 0.509 bits per heavy atom. The van der Waals surface area contributed by atoms with Crippen LogP contribution >= 0.6 is 0 Å². The predicted octanol–water partition coefficient (Wildman–Crippen LogP) is 6.59. The number of ether oxygens (including phenoxy) is 1. The zero-order valence-electron chi connectivity index (χ0n) is 32.5. The van der Waals surface area contributed by atoms with E-state index in [0.717, 1.165) is 12.8 Å². The molecule has 0 radical (unpaired) electrons. The largest absolute Gasteiger partial charge is 0.508 e. The fraction of sp³-hybridized carbons (Fsp3) is 0.378. The van der Waals surface area contributed by atoms with Gasteiger partial charge in [0.15, 0.2) is 0 Å². The number of hydrogen-bond acceptors (Lipinski definition) is 8. The highest BCUT2D eigenvalue weighted by molar-refractivity contribution is 5.99. The molecule has 0 fully saturated rings. The molecule has 4 rings (SSSR count). The van der Waals surface area contributed by atoms with E-state index in [9.17, 15) is 39.6 Å². The molecule has 304 valence electrons. The number of carbonyl (C=O) groups excluding carboxylic acids is 3. The second-order valence-corrected chi connectivity index (χ2v) is 14.3. The van der Waals surface area contributed by atoms with Gasteiger partial charge in [-0.25, -0.2) is 4.79 Å². The summed E-state index contributed by atoms with van der Waals surface area (Å²) in [4.78, 5) is 53.6. The Morgan fingerprint density at radius 2 is 0.895 bits per heavy atom. The highest BCUT2D eigenvalue weighted by Crippen LogP contribution is 2.18. The monoisotopic (exact) mass is 781 g/mol. The van der Waals surface area contributed by atoms with Crippen molar-refractivity contribution in [3.8, 4) is 23.0 Å². The molecule has 0 aliphatic rings. The van der Waals surface area contributed by atoms with E-state index in [1.165, 1.54) is 81.3 Å². The maximum absolute atomic E-state index is 14.1. The number of rotatable bonds is 24.